The van der Waals surface area contributed by atoms with Crippen molar-refractivity contribution < 1.29 is 32.3 Å². The number of ether oxygens (including phenoxy) is 1. The van der Waals surface area contributed by atoms with E-state index in [1.807, 2.05) is 0 Å². The van der Waals surface area contributed by atoms with Crippen molar-refractivity contribution in [2.75, 3.05) is 26.7 Å². The highest BCUT2D eigenvalue weighted by molar-refractivity contribution is 5.94. The molecule has 26 heavy (non-hydrogen) atoms. The minimum Gasteiger partial charge on any atom is -0.469 e. The van der Waals surface area contributed by atoms with Crippen LogP contribution in [0.15, 0.2) is 24.3 Å². The molecule has 0 aliphatic carbocycles. The summed E-state index contributed by atoms with van der Waals surface area (Å²) in [6, 6.07) is 3.81. The largest absolute Gasteiger partial charge is 0.469 e. The number of esters is 1. The fourth-order valence-corrected chi connectivity index (χ4v) is 2.23. The van der Waals surface area contributed by atoms with E-state index in [4.69, 9.17) is 0 Å². The minimum absolute atomic E-state index is 0.00607. The fraction of sp³-hybridized carbons (Fsp3) is 0.471. The van der Waals surface area contributed by atoms with E-state index in [1.54, 1.807) is 6.92 Å². The van der Waals surface area contributed by atoms with Gasteiger partial charge in [-0.2, -0.15) is 13.2 Å². The Morgan fingerprint density at radius 3 is 2.23 bits per heavy atom. The van der Waals surface area contributed by atoms with Gasteiger partial charge in [-0.15, -0.1) is 0 Å². The molecule has 0 spiro atoms. The lowest BCUT2D eigenvalue weighted by atomic mass is 10.1. The Morgan fingerprint density at radius 2 is 1.77 bits per heavy atom. The second kappa shape index (κ2) is 9.21. The van der Waals surface area contributed by atoms with Crippen LogP contribution in [0.3, 0.4) is 0 Å². The highest BCUT2D eigenvalue weighted by Gasteiger charge is 2.30. The lowest BCUT2D eigenvalue weighted by Crippen LogP contribution is -2.41. The van der Waals surface area contributed by atoms with E-state index in [0.29, 0.717) is 0 Å². The number of nitrogens with one attached hydrogen (secondary N) is 1. The number of alkyl halides is 3. The molecule has 1 atom stereocenters. The van der Waals surface area contributed by atoms with Gasteiger partial charge in [-0.25, -0.2) is 0 Å². The average Bonchev–Trinajstić information content (AvgIpc) is 2.58. The molecule has 0 bridgehead atoms. The highest BCUT2D eigenvalue weighted by Crippen LogP contribution is 2.29. The van der Waals surface area contributed by atoms with Gasteiger partial charge < -0.3 is 15.0 Å². The summed E-state index contributed by atoms with van der Waals surface area (Å²) >= 11 is 0. The number of benzene rings is 1. The standard InChI is InChI=1S/C17H21F3N2O4/c1-11(16(25)26-3)10-22(9-8-21-12(2)23)15(24)13-4-6-14(7-5-13)17(18,19)20/h4-7,11H,8-10H2,1-3H3,(H,21,23). The van der Waals surface area contributed by atoms with E-state index in [0.717, 1.165) is 24.3 Å². The second-order valence-corrected chi connectivity index (χ2v) is 5.73. The Balaban J connectivity index is 2.94. The topological polar surface area (TPSA) is 75.7 Å². The first-order valence-corrected chi connectivity index (χ1v) is 7.85. The van der Waals surface area contributed by atoms with Gasteiger partial charge in [-0.3, -0.25) is 14.4 Å². The molecule has 0 saturated heterocycles. The molecule has 0 saturated carbocycles. The minimum atomic E-state index is -4.49. The Kier molecular flexibility index (Phi) is 7.60. The van der Waals surface area contributed by atoms with Gasteiger partial charge in [0.15, 0.2) is 0 Å². The van der Waals surface area contributed by atoms with Crippen LogP contribution in [-0.2, 0) is 20.5 Å². The van der Waals surface area contributed by atoms with Gasteiger partial charge in [0.25, 0.3) is 5.91 Å². The molecule has 2 amide bonds. The summed E-state index contributed by atoms with van der Waals surface area (Å²) in [5, 5.41) is 2.53. The van der Waals surface area contributed by atoms with Gasteiger partial charge in [0.05, 0.1) is 18.6 Å². The van der Waals surface area contributed by atoms with Gasteiger partial charge in [0.1, 0.15) is 0 Å². The van der Waals surface area contributed by atoms with Crippen molar-refractivity contribution >= 4 is 17.8 Å². The zero-order chi connectivity index (χ0) is 19.9. The number of carbonyl (C=O) groups excluding carboxylic acids is 3. The van der Waals surface area contributed by atoms with Crippen LogP contribution in [0.2, 0.25) is 0 Å². The van der Waals surface area contributed by atoms with Crippen molar-refractivity contribution in [3.8, 4) is 0 Å². The summed E-state index contributed by atoms with van der Waals surface area (Å²) in [6.45, 7) is 3.14. The Bertz CT molecular complexity index is 644. The van der Waals surface area contributed by atoms with E-state index in [-0.39, 0.29) is 31.1 Å². The maximum Gasteiger partial charge on any atom is 0.416 e. The number of hydrogen-bond acceptors (Lipinski definition) is 4. The smallest absolute Gasteiger partial charge is 0.416 e. The molecule has 1 unspecified atom stereocenters. The van der Waals surface area contributed by atoms with Gasteiger partial charge in [0.2, 0.25) is 5.91 Å². The summed E-state index contributed by atoms with van der Waals surface area (Å²) < 4.78 is 42.5. The summed E-state index contributed by atoms with van der Waals surface area (Å²) in [5.41, 5.74) is -0.806. The van der Waals surface area contributed by atoms with E-state index >= 15 is 0 Å². The third-order valence-corrected chi connectivity index (χ3v) is 3.60. The molecular formula is C17H21F3N2O4. The van der Waals surface area contributed by atoms with Crippen molar-refractivity contribution in [1.82, 2.24) is 10.2 Å². The molecule has 0 fully saturated rings. The molecule has 144 valence electrons. The first-order chi connectivity index (χ1) is 12.1. The van der Waals surface area contributed by atoms with E-state index < -0.39 is 29.5 Å². The molecule has 1 aromatic rings. The third kappa shape index (κ3) is 6.38. The number of methoxy groups -OCH3 is 1. The first kappa shape index (κ1) is 21.5. The molecule has 1 N–H and O–H groups in total. The van der Waals surface area contributed by atoms with Gasteiger partial charge in [-0.1, -0.05) is 6.92 Å². The van der Waals surface area contributed by atoms with Crippen molar-refractivity contribution in [2.24, 2.45) is 5.92 Å². The molecule has 0 heterocycles. The van der Waals surface area contributed by atoms with Crippen molar-refractivity contribution in [2.45, 2.75) is 20.0 Å². The predicted octanol–water partition coefficient (Wildman–Crippen LogP) is 2.09. The number of nitrogens with zero attached hydrogens (tertiary/aromatic N) is 1. The molecule has 0 aliphatic heterocycles. The van der Waals surface area contributed by atoms with Crippen LogP contribution in [0.1, 0.15) is 29.8 Å². The van der Waals surface area contributed by atoms with Crippen LogP contribution < -0.4 is 5.32 Å². The zero-order valence-corrected chi connectivity index (χ0v) is 14.7. The summed E-state index contributed by atoms with van der Waals surface area (Å²) in [6.07, 6.45) is -4.49. The number of halogens is 3. The van der Waals surface area contributed by atoms with E-state index in [9.17, 15) is 27.6 Å². The molecule has 0 radical (unpaired) electrons. The highest BCUT2D eigenvalue weighted by atomic mass is 19.4. The fourth-order valence-electron chi connectivity index (χ4n) is 2.23. The van der Waals surface area contributed by atoms with Crippen LogP contribution in [0.4, 0.5) is 13.2 Å². The number of rotatable bonds is 7. The van der Waals surface area contributed by atoms with Gasteiger partial charge in [0, 0.05) is 32.1 Å². The van der Waals surface area contributed by atoms with Gasteiger partial charge >= 0.3 is 12.1 Å². The zero-order valence-electron chi connectivity index (χ0n) is 14.7. The van der Waals surface area contributed by atoms with Crippen LogP contribution in [0.25, 0.3) is 0 Å². The molecule has 0 aliphatic rings. The summed E-state index contributed by atoms with van der Waals surface area (Å²) in [5.74, 6) is -1.97. The van der Waals surface area contributed by atoms with Crippen molar-refractivity contribution in [3.63, 3.8) is 0 Å². The predicted molar refractivity (Wildman–Crippen MR) is 87.2 cm³/mol. The lowest BCUT2D eigenvalue weighted by molar-refractivity contribution is -0.145. The Labute approximate surface area is 149 Å². The van der Waals surface area contributed by atoms with E-state index in [1.165, 1.54) is 18.9 Å². The van der Waals surface area contributed by atoms with Crippen LogP contribution >= 0.6 is 0 Å². The molecule has 1 aromatic carbocycles. The van der Waals surface area contributed by atoms with Crippen molar-refractivity contribution in [1.29, 1.82) is 0 Å². The quantitative estimate of drug-likeness (QED) is 0.742. The van der Waals surface area contributed by atoms with Gasteiger partial charge in [-0.05, 0) is 24.3 Å². The van der Waals surface area contributed by atoms with Crippen LogP contribution in [0.5, 0.6) is 0 Å². The molecule has 6 nitrogen and oxygen atoms in total. The van der Waals surface area contributed by atoms with Crippen LogP contribution in [0, 0.1) is 5.92 Å². The molecule has 9 heteroatoms. The number of carbonyl (C=O) groups is 3. The number of amides is 2. The summed E-state index contributed by atoms with van der Waals surface area (Å²) in [4.78, 5) is 36.5. The maximum atomic E-state index is 12.6. The molecular weight excluding hydrogens is 353 g/mol. The maximum absolute atomic E-state index is 12.6. The monoisotopic (exact) mass is 374 g/mol. The second-order valence-electron chi connectivity index (χ2n) is 5.73. The lowest BCUT2D eigenvalue weighted by Gasteiger charge is -2.25. The van der Waals surface area contributed by atoms with Crippen molar-refractivity contribution in [3.05, 3.63) is 35.4 Å². The van der Waals surface area contributed by atoms with Crippen LogP contribution in [-0.4, -0.2) is 49.4 Å². The average molecular weight is 374 g/mol. The normalized spacial score (nSPS) is 12.2. The summed E-state index contributed by atoms with van der Waals surface area (Å²) in [7, 11) is 1.22. The first-order valence-electron chi connectivity index (χ1n) is 7.85. The van der Waals surface area contributed by atoms with E-state index in [2.05, 4.69) is 10.1 Å². The molecule has 0 aromatic heterocycles. The Morgan fingerprint density at radius 1 is 1.19 bits per heavy atom. The third-order valence-electron chi connectivity index (χ3n) is 3.60. The molecule has 1 rings (SSSR count). The Hall–Kier alpha value is -2.58. The SMILES string of the molecule is COC(=O)C(C)CN(CCNC(C)=O)C(=O)c1ccc(C(F)(F)F)cc1. The number of hydrogen-bond donors (Lipinski definition) is 1.